The van der Waals surface area contributed by atoms with Crippen LogP contribution < -0.4 is 10.2 Å². The maximum Gasteiger partial charge on any atom is 0.427 e. The molecule has 0 heterocycles. The van der Waals surface area contributed by atoms with Gasteiger partial charge in [-0.25, -0.2) is 15.0 Å². The van der Waals surface area contributed by atoms with Gasteiger partial charge in [-0.2, -0.15) is 5.10 Å². The Hall–Kier alpha value is -3.15. The van der Waals surface area contributed by atoms with Crippen LogP contribution in [0.15, 0.2) is 53.6 Å². The molecule has 6 nitrogen and oxygen atoms in total. The van der Waals surface area contributed by atoms with E-state index in [2.05, 4.69) is 15.3 Å². The number of carbonyl (C=O) groups excluding carboxylic acids is 2. The van der Waals surface area contributed by atoms with E-state index in [1.165, 1.54) is 6.21 Å². The summed E-state index contributed by atoms with van der Waals surface area (Å²) in [4.78, 5) is 23.1. The molecule has 0 unspecified atom stereocenters. The van der Waals surface area contributed by atoms with E-state index in [0.717, 1.165) is 11.1 Å². The first-order chi connectivity index (χ1) is 11.6. The van der Waals surface area contributed by atoms with Crippen LogP contribution in [0.4, 0.5) is 4.79 Å². The number of amides is 1. The summed E-state index contributed by atoms with van der Waals surface area (Å²) in [5, 5.41) is 3.75. The molecule has 0 saturated heterocycles. The number of benzene rings is 2. The molecule has 124 valence electrons. The second-order valence-electron chi connectivity index (χ2n) is 4.92. The zero-order chi connectivity index (χ0) is 17.4. The second kappa shape index (κ2) is 8.47. The van der Waals surface area contributed by atoms with Gasteiger partial charge in [-0.15, -0.1) is 0 Å². The largest absolute Gasteiger partial charge is 0.449 e. The Morgan fingerprint density at radius 3 is 2.38 bits per heavy atom. The van der Waals surface area contributed by atoms with Crippen molar-refractivity contribution >= 4 is 18.3 Å². The number of rotatable bonds is 5. The van der Waals surface area contributed by atoms with E-state index in [0.29, 0.717) is 11.3 Å². The first kappa shape index (κ1) is 17.2. The van der Waals surface area contributed by atoms with Crippen LogP contribution in [0.3, 0.4) is 0 Å². The zero-order valence-electron chi connectivity index (χ0n) is 13.5. The number of ether oxygens (including phenoxy) is 2. The maximum absolute atomic E-state index is 12.0. The average molecular weight is 326 g/mol. The topological polar surface area (TPSA) is 77.0 Å². The SMILES string of the molecule is CCOC(=O)NN=Cc1ccc(OC(=O)c2ccc(C)cc2)cc1. The van der Waals surface area contributed by atoms with Gasteiger partial charge >= 0.3 is 12.1 Å². The van der Waals surface area contributed by atoms with E-state index in [1.807, 2.05) is 19.1 Å². The number of carbonyl (C=O) groups is 2. The molecule has 2 aromatic rings. The lowest BCUT2D eigenvalue weighted by atomic mass is 10.1. The zero-order valence-corrected chi connectivity index (χ0v) is 13.5. The third kappa shape index (κ3) is 5.24. The molecule has 2 aromatic carbocycles. The highest BCUT2D eigenvalue weighted by Gasteiger charge is 2.07. The molecule has 6 heteroatoms. The van der Waals surface area contributed by atoms with Gasteiger partial charge in [0.2, 0.25) is 0 Å². The number of hydrogen-bond acceptors (Lipinski definition) is 5. The van der Waals surface area contributed by atoms with Crippen LogP contribution in [-0.4, -0.2) is 24.9 Å². The summed E-state index contributed by atoms with van der Waals surface area (Å²) in [5.41, 5.74) is 4.53. The van der Waals surface area contributed by atoms with Gasteiger partial charge < -0.3 is 9.47 Å². The summed E-state index contributed by atoms with van der Waals surface area (Å²) in [7, 11) is 0. The van der Waals surface area contributed by atoms with Gasteiger partial charge in [0.25, 0.3) is 0 Å². The van der Waals surface area contributed by atoms with Crippen molar-refractivity contribution < 1.29 is 19.1 Å². The van der Waals surface area contributed by atoms with E-state index in [4.69, 9.17) is 4.74 Å². The lowest BCUT2D eigenvalue weighted by Gasteiger charge is -2.05. The minimum absolute atomic E-state index is 0.280. The van der Waals surface area contributed by atoms with E-state index < -0.39 is 12.1 Å². The molecule has 24 heavy (non-hydrogen) atoms. The Labute approximate surface area is 140 Å². The van der Waals surface area contributed by atoms with Gasteiger partial charge in [-0.1, -0.05) is 17.7 Å². The predicted octanol–water partition coefficient (Wildman–Crippen LogP) is 3.29. The number of hydrogen-bond donors (Lipinski definition) is 1. The monoisotopic (exact) mass is 326 g/mol. The molecule has 0 radical (unpaired) electrons. The van der Waals surface area contributed by atoms with Crippen LogP contribution in [0.5, 0.6) is 5.75 Å². The standard InChI is InChI=1S/C18H18N2O4/c1-3-23-18(22)20-19-12-14-6-10-16(11-7-14)24-17(21)15-8-4-13(2)5-9-15/h4-12H,3H2,1-2H3,(H,20,22). The normalized spacial score (nSPS) is 10.4. The van der Waals surface area contributed by atoms with Crippen molar-refractivity contribution in [1.29, 1.82) is 0 Å². The van der Waals surface area contributed by atoms with E-state index >= 15 is 0 Å². The van der Waals surface area contributed by atoms with Crippen molar-refractivity contribution in [3.8, 4) is 5.75 Å². The fourth-order valence-electron chi connectivity index (χ4n) is 1.80. The fourth-order valence-corrected chi connectivity index (χ4v) is 1.80. The highest BCUT2D eigenvalue weighted by Crippen LogP contribution is 2.14. The number of nitrogens with zero attached hydrogens (tertiary/aromatic N) is 1. The summed E-state index contributed by atoms with van der Waals surface area (Å²) >= 11 is 0. The minimum Gasteiger partial charge on any atom is -0.449 e. The van der Waals surface area contributed by atoms with Crippen molar-refractivity contribution in [2.75, 3.05) is 6.61 Å². The van der Waals surface area contributed by atoms with Crippen molar-refractivity contribution in [2.24, 2.45) is 5.10 Å². The predicted molar refractivity (Wildman–Crippen MR) is 90.3 cm³/mol. The highest BCUT2D eigenvalue weighted by molar-refractivity contribution is 5.91. The molecule has 0 aromatic heterocycles. The molecule has 0 spiro atoms. The number of aryl methyl sites for hydroxylation is 1. The molecule has 0 aliphatic carbocycles. The molecular weight excluding hydrogens is 308 g/mol. The lowest BCUT2D eigenvalue weighted by molar-refractivity contribution is 0.0734. The molecule has 0 saturated carbocycles. The number of nitrogens with one attached hydrogen (secondary N) is 1. The van der Waals surface area contributed by atoms with Crippen LogP contribution in [0.2, 0.25) is 0 Å². The molecule has 0 fully saturated rings. The smallest absolute Gasteiger partial charge is 0.427 e. The van der Waals surface area contributed by atoms with Gasteiger partial charge in [0, 0.05) is 0 Å². The minimum atomic E-state index is -0.614. The summed E-state index contributed by atoms with van der Waals surface area (Å²) in [6.45, 7) is 3.94. The molecule has 0 bridgehead atoms. The maximum atomic E-state index is 12.0. The molecule has 1 N–H and O–H groups in total. The number of hydrazone groups is 1. The van der Waals surface area contributed by atoms with E-state index in [-0.39, 0.29) is 6.61 Å². The van der Waals surface area contributed by atoms with Gasteiger partial charge in [0.05, 0.1) is 18.4 Å². The van der Waals surface area contributed by atoms with E-state index in [1.54, 1.807) is 43.3 Å². The van der Waals surface area contributed by atoms with E-state index in [9.17, 15) is 9.59 Å². The van der Waals surface area contributed by atoms with Gasteiger partial charge in [-0.05, 0) is 55.8 Å². The van der Waals surface area contributed by atoms with Crippen LogP contribution in [0, 0.1) is 6.92 Å². The fraction of sp³-hybridized carbons (Fsp3) is 0.167. The van der Waals surface area contributed by atoms with Gasteiger partial charge in [-0.3, -0.25) is 0 Å². The van der Waals surface area contributed by atoms with Crippen LogP contribution >= 0.6 is 0 Å². The second-order valence-corrected chi connectivity index (χ2v) is 4.92. The summed E-state index contributed by atoms with van der Waals surface area (Å²) in [5.74, 6) is 0.0106. The summed E-state index contributed by atoms with van der Waals surface area (Å²) in [6.07, 6.45) is 0.847. The Morgan fingerprint density at radius 2 is 1.75 bits per heavy atom. The van der Waals surface area contributed by atoms with Gasteiger partial charge in [0.1, 0.15) is 5.75 Å². The number of esters is 1. The summed E-state index contributed by atoms with van der Waals surface area (Å²) in [6, 6.07) is 13.9. The van der Waals surface area contributed by atoms with Crippen molar-refractivity contribution in [3.05, 3.63) is 65.2 Å². The Bertz CT molecular complexity index is 722. The quantitative estimate of drug-likeness (QED) is 0.396. The van der Waals surface area contributed by atoms with Gasteiger partial charge in [0.15, 0.2) is 0 Å². The van der Waals surface area contributed by atoms with Crippen LogP contribution in [0.25, 0.3) is 0 Å². The van der Waals surface area contributed by atoms with Crippen LogP contribution in [-0.2, 0) is 4.74 Å². The first-order valence-electron chi connectivity index (χ1n) is 7.43. The summed E-state index contributed by atoms with van der Waals surface area (Å²) < 4.78 is 9.97. The third-order valence-corrected chi connectivity index (χ3v) is 3.02. The van der Waals surface area contributed by atoms with Crippen molar-refractivity contribution in [3.63, 3.8) is 0 Å². The third-order valence-electron chi connectivity index (χ3n) is 3.02. The first-order valence-corrected chi connectivity index (χ1v) is 7.43. The lowest BCUT2D eigenvalue weighted by Crippen LogP contribution is -2.18. The molecule has 1 amide bonds. The Kier molecular flexibility index (Phi) is 6.08. The molecular formula is C18H18N2O4. The molecule has 0 aliphatic rings. The Morgan fingerprint density at radius 1 is 1.08 bits per heavy atom. The molecule has 0 aliphatic heterocycles. The van der Waals surface area contributed by atoms with Crippen LogP contribution in [0.1, 0.15) is 28.4 Å². The van der Waals surface area contributed by atoms with Crippen molar-refractivity contribution in [2.45, 2.75) is 13.8 Å². The average Bonchev–Trinajstić information content (AvgIpc) is 2.57. The molecule has 2 rings (SSSR count). The Balaban J connectivity index is 1.92. The van der Waals surface area contributed by atoms with Crippen molar-refractivity contribution in [1.82, 2.24) is 5.43 Å². The highest BCUT2D eigenvalue weighted by atomic mass is 16.6. The molecule has 0 atom stereocenters.